The maximum Gasteiger partial charge on any atom is 0.407 e. The monoisotopic (exact) mass is 405 g/mol. The zero-order valence-electron chi connectivity index (χ0n) is 16.6. The van der Waals surface area contributed by atoms with E-state index in [0.717, 1.165) is 24.1 Å². The van der Waals surface area contributed by atoms with E-state index in [-0.39, 0.29) is 12.0 Å². The normalized spacial score (nSPS) is 17.9. The number of rotatable bonds is 4. The van der Waals surface area contributed by atoms with Crippen LogP contribution in [-0.2, 0) is 17.7 Å². The number of ether oxygens (including phenoxy) is 1. The summed E-state index contributed by atoms with van der Waals surface area (Å²) in [6, 6.07) is 12.1. The third-order valence-corrected chi connectivity index (χ3v) is 6.01. The van der Waals surface area contributed by atoms with Gasteiger partial charge in [0.1, 0.15) is 11.1 Å². The molecule has 2 aliphatic heterocycles. The van der Waals surface area contributed by atoms with E-state index in [1.165, 1.54) is 5.56 Å². The van der Waals surface area contributed by atoms with Gasteiger partial charge in [0, 0.05) is 38.7 Å². The lowest BCUT2D eigenvalue weighted by molar-refractivity contribution is 0.00330. The summed E-state index contributed by atoms with van der Waals surface area (Å²) < 4.78 is 7.44. The van der Waals surface area contributed by atoms with E-state index in [1.54, 1.807) is 17.4 Å². The van der Waals surface area contributed by atoms with Crippen LogP contribution >= 0.6 is 0 Å². The maximum atomic E-state index is 13.0. The molecule has 1 spiro atoms. The van der Waals surface area contributed by atoms with Crippen molar-refractivity contribution in [3.05, 3.63) is 60.0 Å². The van der Waals surface area contributed by atoms with Gasteiger partial charge in [-0.2, -0.15) is 0 Å². The van der Waals surface area contributed by atoms with Crippen molar-refractivity contribution in [2.24, 2.45) is 0 Å². The number of hydrogen-bond donors (Lipinski definition) is 1. The number of alkyl carbamates (subject to hydrolysis) is 1. The standard InChI is InChI=1S/C22H23N5O3/c28-20(26-10-7-22(8-11-26)14-24-21(29)30-22)17-12-18-19(23-13-17)27(15-25-18)9-6-16-4-2-1-3-5-16/h1-5,12-13,15H,6-11,14H2,(H,24,29). The van der Waals surface area contributed by atoms with Crippen LogP contribution in [0.3, 0.4) is 0 Å². The van der Waals surface area contributed by atoms with Crippen LogP contribution in [0.2, 0.25) is 0 Å². The zero-order chi connectivity index (χ0) is 20.6. The fraction of sp³-hybridized carbons (Fsp3) is 0.364. The fourth-order valence-electron chi connectivity index (χ4n) is 4.20. The van der Waals surface area contributed by atoms with Gasteiger partial charge in [-0.25, -0.2) is 14.8 Å². The molecule has 0 atom stereocenters. The van der Waals surface area contributed by atoms with Crippen LogP contribution in [0.5, 0.6) is 0 Å². The molecule has 2 fully saturated rings. The molecule has 0 aliphatic carbocycles. The number of nitrogens with zero attached hydrogens (tertiary/aromatic N) is 4. The molecule has 2 amide bonds. The van der Waals surface area contributed by atoms with Crippen LogP contribution in [0.15, 0.2) is 48.9 Å². The van der Waals surface area contributed by atoms with E-state index in [9.17, 15) is 9.59 Å². The van der Waals surface area contributed by atoms with E-state index >= 15 is 0 Å². The molecule has 0 saturated carbocycles. The summed E-state index contributed by atoms with van der Waals surface area (Å²) >= 11 is 0. The van der Waals surface area contributed by atoms with E-state index in [1.807, 2.05) is 28.8 Å². The summed E-state index contributed by atoms with van der Waals surface area (Å²) in [5.41, 5.74) is 2.83. The number of likely N-dealkylation sites (tertiary alicyclic amines) is 1. The Bertz CT molecular complexity index is 1090. The van der Waals surface area contributed by atoms with Crippen LogP contribution in [0.1, 0.15) is 28.8 Å². The second kappa shape index (κ2) is 7.44. The van der Waals surface area contributed by atoms with E-state index in [4.69, 9.17) is 4.74 Å². The van der Waals surface area contributed by atoms with E-state index < -0.39 is 5.60 Å². The number of piperidine rings is 1. The lowest BCUT2D eigenvalue weighted by Crippen LogP contribution is -2.48. The summed E-state index contributed by atoms with van der Waals surface area (Å²) in [6.45, 7) is 2.40. The first-order chi connectivity index (χ1) is 14.6. The van der Waals surface area contributed by atoms with Crippen molar-refractivity contribution in [2.45, 2.75) is 31.4 Å². The molecule has 2 aliphatic rings. The van der Waals surface area contributed by atoms with Crippen LogP contribution in [0, 0.1) is 0 Å². The number of nitrogens with one attached hydrogen (secondary N) is 1. The number of carbonyl (C=O) groups excluding carboxylic acids is 2. The summed E-state index contributed by atoms with van der Waals surface area (Å²) in [6.07, 6.45) is 5.22. The number of amides is 2. The van der Waals surface area contributed by atoms with Crippen molar-refractivity contribution in [3.8, 4) is 0 Å². The second-order valence-electron chi connectivity index (χ2n) is 7.96. The molecule has 8 heteroatoms. The van der Waals surface area contributed by atoms with Gasteiger partial charge in [0.05, 0.1) is 18.4 Å². The van der Waals surface area contributed by atoms with Gasteiger partial charge in [0.15, 0.2) is 5.65 Å². The van der Waals surface area contributed by atoms with Gasteiger partial charge in [-0.05, 0) is 18.1 Å². The Hall–Kier alpha value is -3.42. The lowest BCUT2D eigenvalue weighted by atomic mass is 9.91. The first kappa shape index (κ1) is 18.6. The van der Waals surface area contributed by atoms with Crippen molar-refractivity contribution in [2.75, 3.05) is 19.6 Å². The quantitative estimate of drug-likeness (QED) is 0.720. The predicted molar refractivity (Wildman–Crippen MR) is 110 cm³/mol. The highest BCUT2D eigenvalue weighted by Crippen LogP contribution is 2.30. The second-order valence-corrected chi connectivity index (χ2v) is 7.96. The molecule has 2 saturated heterocycles. The number of aryl methyl sites for hydroxylation is 2. The Morgan fingerprint density at radius 3 is 2.70 bits per heavy atom. The van der Waals surface area contributed by atoms with E-state index in [0.29, 0.717) is 38.0 Å². The van der Waals surface area contributed by atoms with Crippen LogP contribution in [-0.4, -0.2) is 56.7 Å². The molecule has 0 radical (unpaired) electrons. The van der Waals surface area contributed by atoms with Crippen molar-refractivity contribution in [1.29, 1.82) is 0 Å². The molecule has 8 nitrogen and oxygen atoms in total. The Labute approximate surface area is 173 Å². The predicted octanol–water partition coefficient (Wildman–Crippen LogP) is 2.39. The molecule has 5 rings (SSSR count). The SMILES string of the molecule is O=C1NCC2(CCN(C(=O)c3cnc4c(c3)ncn4CCc3ccccc3)CC2)O1. The maximum absolute atomic E-state index is 13.0. The molecule has 1 N–H and O–H groups in total. The third-order valence-electron chi connectivity index (χ3n) is 6.01. The van der Waals surface area contributed by atoms with Gasteiger partial charge >= 0.3 is 6.09 Å². The van der Waals surface area contributed by atoms with Crippen molar-refractivity contribution in [3.63, 3.8) is 0 Å². The molecule has 1 aromatic carbocycles. The number of carbonyl (C=O) groups is 2. The Balaban J connectivity index is 1.26. The van der Waals surface area contributed by atoms with Crippen LogP contribution in [0.25, 0.3) is 11.2 Å². The minimum atomic E-state index is -0.465. The molecule has 3 aromatic rings. The largest absolute Gasteiger partial charge is 0.441 e. The Kier molecular flexibility index (Phi) is 4.61. The number of fused-ring (bicyclic) bond motifs is 1. The number of imidazole rings is 1. The number of benzene rings is 1. The van der Waals surface area contributed by atoms with Crippen molar-refractivity contribution >= 4 is 23.2 Å². The fourth-order valence-corrected chi connectivity index (χ4v) is 4.20. The minimum absolute atomic E-state index is 0.0598. The average molecular weight is 405 g/mol. The summed E-state index contributed by atoms with van der Waals surface area (Å²) in [7, 11) is 0. The van der Waals surface area contributed by atoms with Crippen LogP contribution in [0.4, 0.5) is 4.79 Å². The minimum Gasteiger partial charge on any atom is -0.441 e. The average Bonchev–Trinajstić information content (AvgIpc) is 3.36. The highest BCUT2D eigenvalue weighted by molar-refractivity contribution is 5.96. The number of hydrogen-bond acceptors (Lipinski definition) is 5. The zero-order valence-corrected chi connectivity index (χ0v) is 16.6. The van der Waals surface area contributed by atoms with Gasteiger partial charge in [-0.15, -0.1) is 0 Å². The first-order valence-corrected chi connectivity index (χ1v) is 10.2. The summed E-state index contributed by atoms with van der Waals surface area (Å²) in [5, 5.41) is 2.71. The number of aromatic nitrogens is 3. The molecule has 154 valence electrons. The molecule has 4 heterocycles. The number of pyridine rings is 1. The lowest BCUT2D eigenvalue weighted by Gasteiger charge is -2.37. The molecular weight excluding hydrogens is 382 g/mol. The van der Waals surface area contributed by atoms with Gasteiger partial charge < -0.3 is 19.5 Å². The van der Waals surface area contributed by atoms with Gasteiger partial charge in [0.25, 0.3) is 5.91 Å². The molecule has 0 bridgehead atoms. The van der Waals surface area contributed by atoms with E-state index in [2.05, 4.69) is 27.4 Å². The van der Waals surface area contributed by atoms with Crippen molar-refractivity contribution in [1.82, 2.24) is 24.8 Å². The molecule has 30 heavy (non-hydrogen) atoms. The molecule has 0 unspecified atom stereocenters. The summed E-state index contributed by atoms with van der Waals surface area (Å²) in [4.78, 5) is 35.1. The van der Waals surface area contributed by atoms with Crippen molar-refractivity contribution < 1.29 is 14.3 Å². The smallest absolute Gasteiger partial charge is 0.407 e. The van der Waals surface area contributed by atoms with Gasteiger partial charge in [-0.3, -0.25) is 4.79 Å². The Morgan fingerprint density at radius 2 is 1.97 bits per heavy atom. The highest BCUT2D eigenvalue weighted by atomic mass is 16.6. The third kappa shape index (κ3) is 3.49. The summed E-state index contributed by atoms with van der Waals surface area (Å²) in [5.74, 6) is -0.0598. The van der Waals surface area contributed by atoms with Gasteiger partial charge in [0.2, 0.25) is 0 Å². The highest BCUT2D eigenvalue weighted by Gasteiger charge is 2.43. The topological polar surface area (TPSA) is 89.4 Å². The van der Waals surface area contributed by atoms with Crippen LogP contribution < -0.4 is 5.32 Å². The molecular formula is C22H23N5O3. The Morgan fingerprint density at radius 1 is 1.17 bits per heavy atom. The van der Waals surface area contributed by atoms with Gasteiger partial charge in [-0.1, -0.05) is 30.3 Å². The molecule has 2 aromatic heterocycles. The first-order valence-electron chi connectivity index (χ1n) is 10.2.